The van der Waals surface area contributed by atoms with Crippen molar-refractivity contribution in [2.75, 3.05) is 0 Å². The Bertz CT molecular complexity index is 536. The van der Waals surface area contributed by atoms with E-state index in [9.17, 15) is 9.18 Å². The Morgan fingerprint density at radius 3 is 2.88 bits per heavy atom. The number of halogens is 1. The topological polar surface area (TPSA) is 63.3 Å². The smallest absolute Gasteiger partial charge is 0.311 e. The van der Waals surface area contributed by atoms with E-state index in [0.29, 0.717) is 11.5 Å². The first kappa shape index (κ1) is 11.3. The number of nitrogens with zero attached hydrogens (tertiary/aromatic N) is 1. The van der Waals surface area contributed by atoms with E-state index < -0.39 is 5.97 Å². The number of benzene rings is 1. The monoisotopic (exact) mass is 235 g/mol. The second-order valence-corrected chi connectivity index (χ2v) is 3.56. The predicted molar refractivity (Wildman–Crippen MR) is 57.0 cm³/mol. The van der Waals surface area contributed by atoms with Crippen LogP contribution in [0, 0.1) is 5.82 Å². The highest BCUT2D eigenvalue weighted by Gasteiger charge is 2.10. The average molecular weight is 235 g/mol. The van der Waals surface area contributed by atoms with Crippen LogP contribution in [0.3, 0.4) is 0 Å². The van der Waals surface area contributed by atoms with Crippen LogP contribution in [0.1, 0.15) is 17.2 Å². The number of rotatable bonds is 4. The van der Waals surface area contributed by atoms with Crippen molar-refractivity contribution in [1.29, 1.82) is 0 Å². The Hall–Kier alpha value is -2.17. The molecule has 5 heteroatoms. The van der Waals surface area contributed by atoms with E-state index in [0.717, 1.165) is 0 Å². The van der Waals surface area contributed by atoms with Crippen LogP contribution in [0.2, 0.25) is 0 Å². The Labute approximate surface area is 96.7 Å². The van der Waals surface area contributed by atoms with Crippen molar-refractivity contribution < 1.29 is 18.7 Å². The van der Waals surface area contributed by atoms with E-state index in [1.54, 1.807) is 18.2 Å². The Kier molecular flexibility index (Phi) is 3.18. The summed E-state index contributed by atoms with van der Waals surface area (Å²) in [5.74, 6) is -0.737. The van der Waals surface area contributed by atoms with Crippen LogP contribution in [0.15, 0.2) is 34.9 Å². The molecule has 0 radical (unpaired) electrons. The highest BCUT2D eigenvalue weighted by molar-refractivity contribution is 5.69. The zero-order chi connectivity index (χ0) is 12.3. The van der Waals surface area contributed by atoms with E-state index >= 15 is 0 Å². The number of oxazole rings is 1. The Morgan fingerprint density at radius 2 is 2.18 bits per heavy atom. The van der Waals surface area contributed by atoms with E-state index in [1.165, 1.54) is 12.3 Å². The molecular weight excluding hydrogens is 225 g/mol. The minimum Gasteiger partial charge on any atom is -0.481 e. The van der Waals surface area contributed by atoms with Gasteiger partial charge in [0.05, 0.1) is 12.6 Å². The molecule has 1 aromatic heterocycles. The second-order valence-electron chi connectivity index (χ2n) is 3.56. The van der Waals surface area contributed by atoms with Crippen molar-refractivity contribution in [3.8, 4) is 0 Å². The van der Waals surface area contributed by atoms with Gasteiger partial charge in [0.1, 0.15) is 18.0 Å². The SMILES string of the molecule is O=C(O)Cc1cnc(Cc2ccccc2F)o1. The Morgan fingerprint density at radius 1 is 1.41 bits per heavy atom. The number of carbonyl (C=O) groups is 1. The summed E-state index contributed by atoms with van der Waals surface area (Å²) in [6.07, 6.45) is 1.35. The van der Waals surface area contributed by atoms with Gasteiger partial charge in [0, 0.05) is 0 Å². The maximum Gasteiger partial charge on any atom is 0.311 e. The highest BCUT2D eigenvalue weighted by Crippen LogP contribution is 2.13. The first-order chi connectivity index (χ1) is 8.15. The first-order valence-electron chi connectivity index (χ1n) is 5.04. The third-order valence-corrected chi connectivity index (χ3v) is 2.23. The summed E-state index contributed by atoms with van der Waals surface area (Å²) in [5, 5.41) is 8.56. The van der Waals surface area contributed by atoms with E-state index in [2.05, 4.69) is 4.98 Å². The third-order valence-electron chi connectivity index (χ3n) is 2.23. The molecule has 0 amide bonds. The third kappa shape index (κ3) is 2.90. The van der Waals surface area contributed by atoms with E-state index in [1.807, 2.05) is 0 Å². The number of carboxylic acid groups (broad SMARTS) is 1. The summed E-state index contributed by atoms with van der Waals surface area (Å²) in [4.78, 5) is 14.4. The molecule has 0 saturated heterocycles. The van der Waals surface area contributed by atoms with Crippen molar-refractivity contribution >= 4 is 5.97 Å². The summed E-state index contributed by atoms with van der Waals surface area (Å²) >= 11 is 0. The van der Waals surface area contributed by atoms with Crippen LogP contribution in [0.25, 0.3) is 0 Å². The number of aromatic nitrogens is 1. The second kappa shape index (κ2) is 4.78. The van der Waals surface area contributed by atoms with Gasteiger partial charge >= 0.3 is 5.97 Å². The molecule has 88 valence electrons. The molecular formula is C12H10FNO3. The first-order valence-corrected chi connectivity index (χ1v) is 5.04. The molecule has 1 N–H and O–H groups in total. The fourth-order valence-electron chi connectivity index (χ4n) is 1.47. The van der Waals surface area contributed by atoms with Crippen LogP contribution < -0.4 is 0 Å². The van der Waals surface area contributed by atoms with Gasteiger partial charge in [-0.1, -0.05) is 18.2 Å². The predicted octanol–water partition coefficient (Wildman–Crippen LogP) is 2.03. The van der Waals surface area contributed by atoms with Gasteiger partial charge in [-0.15, -0.1) is 0 Å². The van der Waals surface area contributed by atoms with Gasteiger partial charge < -0.3 is 9.52 Å². The van der Waals surface area contributed by atoms with Crippen molar-refractivity contribution in [2.24, 2.45) is 0 Å². The minimum atomic E-state index is -0.987. The van der Waals surface area contributed by atoms with Crippen LogP contribution in [-0.2, 0) is 17.6 Å². The highest BCUT2D eigenvalue weighted by atomic mass is 19.1. The van der Waals surface area contributed by atoms with Gasteiger partial charge in [0.25, 0.3) is 0 Å². The van der Waals surface area contributed by atoms with E-state index in [4.69, 9.17) is 9.52 Å². The van der Waals surface area contributed by atoms with Gasteiger partial charge in [0.2, 0.25) is 0 Å². The van der Waals surface area contributed by atoms with Crippen molar-refractivity contribution in [3.05, 3.63) is 53.5 Å². The maximum absolute atomic E-state index is 13.3. The minimum absolute atomic E-state index is 0.215. The van der Waals surface area contributed by atoms with Gasteiger partial charge in [-0.2, -0.15) is 0 Å². The summed E-state index contributed by atoms with van der Waals surface area (Å²) in [6.45, 7) is 0. The van der Waals surface area contributed by atoms with Gasteiger partial charge in [0.15, 0.2) is 5.89 Å². The summed E-state index contributed by atoms with van der Waals surface area (Å²) in [6, 6.07) is 6.32. The fourth-order valence-corrected chi connectivity index (χ4v) is 1.47. The number of aliphatic carboxylic acids is 1. The zero-order valence-corrected chi connectivity index (χ0v) is 8.89. The molecule has 0 fully saturated rings. The standard InChI is InChI=1S/C12H10FNO3/c13-10-4-2-1-3-8(10)5-11-14-7-9(17-11)6-12(15)16/h1-4,7H,5-6H2,(H,15,16). The van der Waals surface area contributed by atoms with Crippen LogP contribution in [0.4, 0.5) is 4.39 Å². The number of hydrogen-bond acceptors (Lipinski definition) is 3. The molecule has 0 spiro atoms. The lowest BCUT2D eigenvalue weighted by molar-refractivity contribution is -0.136. The summed E-state index contributed by atoms with van der Waals surface area (Å²) in [7, 11) is 0. The quantitative estimate of drug-likeness (QED) is 0.880. The molecule has 17 heavy (non-hydrogen) atoms. The molecule has 1 aromatic carbocycles. The molecule has 4 nitrogen and oxygen atoms in total. The van der Waals surface area contributed by atoms with Crippen LogP contribution in [-0.4, -0.2) is 16.1 Å². The van der Waals surface area contributed by atoms with Crippen LogP contribution in [0.5, 0.6) is 0 Å². The van der Waals surface area contributed by atoms with Crippen molar-refractivity contribution in [3.63, 3.8) is 0 Å². The van der Waals surface area contributed by atoms with Crippen molar-refractivity contribution in [2.45, 2.75) is 12.8 Å². The molecule has 0 aliphatic heterocycles. The van der Waals surface area contributed by atoms with Crippen molar-refractivity contribution in [1.82, 2.24) is 4.98 Å². The number of hydrogen-bond donors (Lipinski definition) is 1. The van der Waals surface area contributed by atoms with E-state index in [-0.39, 0.29) is 24.4 Å². The lowest BCUT2D eigenvalue weighted by Crippen LogP contribution is -1.98. The van der Waals surface area contributed by atoms with Gasteiger partial charge in [-0.25, -0.2) is 9.37 Å². The molecule has 0 aliphatic carbocycles. The zero-order valence-electron chi connectivity index (χ0n) is 8.89. The maximum atomic E-state index is 13.3. The fraction of sp³-hybridized carbons (Fsp3) is 0.167. The molecule has 1 heterocycles. The molecule has 0 aliphatic rings. The van der Waals surface area contributed by atoms with Gasteiger partial charge in [-0.05, 0) is 11.6 Å². The largest absolute Gasteiger partial charge is 0.481 e. The summed E-state index contributed by atoms with van der Waals surface area (Å²) in [5.41, 5.74) is 0.469. The molecule has 0 unspecified atom stereocenters. The Balaban J connectivity index is 2.12. The molecule has 2 rings (SSSR count). The van der Waals surface area contributed by atoms with Gasteiger partial charge in [-0.3, -0.25) is 4.79 Å². The lowest BCUT2D eigenvalue weighted by atomic mass is 10.1. The normalized spacial score (nSPS) is 10.4. The van der Waals surface area contributed by atoms with Crippen LogP contribution >= 0.6 is 0 Å². The summed E-state index contributed by atoms with van der Waals surface area (Å²) < 4.78 is 18.5. The molecule has 2 aromatic rings. The lowest BCUT2D eigenvalue weighted by Gasteiger charge is -1.98. The number of carboxylic acids is 1. The molecule has 0 saturated carbocycles. The average Bonchev–Trinajstić information content (AvgIpc) is 2.68. The molecule has 0 atom stereocenters. The molecule has 0 bridgehead atoms.